The van der Waals surface area contributed by atoms with Gasteiger partial charge in [0.25, 0.3) is 0 Å². The van der Waals surface area contributed by atoms with Crippen molar-refractivity contribution >= 4 is 29.7 Å². The molecule has 20 heavy (non-hydrogen) atoms. The highest BCUT2D eigenvalue weighted by Gasteiger charge is 2.35. The molecule has 2 N–H and O–H groups in total. The number of carbonyl (C=O) groups is 1. The van der Waals surface area contributed by atoms with Gasteiger partial charge in [0.2, 0.25) is 5.91 Å². The summed E-state index contributed by atoms with van der Waals surface area (Å²) in [4.78, 5) is 16.2. The molecule has 0 radical (unpaired) electrons. The van der Waals surface area contributed by atoms with Gasteiger partial charge in [0.15, 0.2) is 0 Å². The molecule has 112 valence electrons. The molecule has 1 saturated heterocycles. The van der Waals surface area contributed by atoms with E-state index in [0.717, 1.165) is 38.8 Å². The van der Waals surface area contributed by atoms with E-state index in [4.69, 9.17) is 5.73 Å². The lowest BCUT2D eigenvalue weighted by Gasteiger charge is -2.27. The van der Waals surface area contributed by atoms with Crippen molar-refractivity contribution in [3.63, 3.8) is 0 Å². The Balaban J connectivity index is 0.00000147. The van der Waals surface area contributed by atoms with Crippen molar-refractivity contribution in [3.8, 4) is 0 Å². The standard InChI is InChI=1S/C15H22N2OS.ClH/c1-10(16)11-5-7-17(9-11)15(18)13-3-2-4-14-12(13)6-8-19-14;/h6,8,10-11,13H,2-5,7,9,16H2,1H3;1H. The van der Waals surface area contributed by atoms with Crippen LogP contribution >= 0.6 is 23.7 Å². The maximum atomic E-state index is 12.7. The van der Waals surface area contributed by atoms with E-state index in [1.54, 1.807) is 11.3 Å². The van der Waals surface area contributed by atoms with Crippen molar-refractivity contribution in [2.24, 2.45) is 11.7 Å². The van der Waals surface area contributed by atoms with Crippen LogP contribution in [0.1, 0.15) is 42.5 Å². The number of carbonyl (C=O) groups excluding carboxylic acids is 1. The van der Waals surface area contributed by atoms with Gasteiger partial charge in [-0.15, -0.1) is 23.7 Å². The largest absolute Gasteiger partial charge is 0.342 e. The number of rotatable bonds is 2. The Labute approximate surface area is 130 Å². The van der Waals surface area contributed by atoms with E-state index < -0.39 is 0 Å². The highest BCUT2D eigenvalue weighted by atomic mass is 35.5. The predicted molar refractivity (Wildman–Crippen MR) is 85.6 cm³/mol. The van der Waals surface area contributed by atoms with E-state index in [1.165, 1.54) is 10.4 Å². The van der Waals surface area contributed by atoms with Crippen LogP contribution in [0, 0.1) is 5.92 Å². The highest BCUT2D eigenvalue weighted by molar-refractivity contribution is 7.10. The van der Waals surface area contributed by atoms with E-state index >= 15 is 0 Å². The van der Waals surface area contributed by atoms with Gasteiger partial charge in [-0.05, 0) is 55.5 Å². The van der Waals surface area contributed by atoms with Gasteiger partial charge in [0.1, 0.15) is 0 Å². The first-order valence-electron chi connectivity index (χ1n) is 7.27. The van der Waals surface area contributed by atoms with Crippen molar-refractivity contribution in [1.82, 2.24) is 4.90 Å². The molecule has 3 atom stereocenters. The fourth-order valence-corrected chi connectivity index (χ4v) is 4.37. The van der Waals surface area contributed by atoms with Crippen molar-refractivity contribution in [2.75, 3.05) is 13.1 Å². The lowest BCUT2D eigenvalue weighted by molar-refractivity contribution is -0.132. The SMILES string of the molecule is CC(N)C1CCN(C(=O)C2CCCc3sccc32)C1.Cl. The molecule has 1 aromatic rings. The Hall–Kier alpha value is -0.580. The molecule has 2 aliphatic rings. The maximum Gasteiger partial charge on any atom is 0.230 e. The monoisotopic (exact) mass is 314 g/mol. The summed E-state index contributed by atoms with van der Waals surface area (Å²) in [7, 11) is 0. The number of likely N-dealkylation sites (tertiary alicyclic amines) is 1. The fraction of sp³-hybridized carbons (Fsp3) is 0.667. The van der Waals surface area contributed by atoms with Gasteiger partial charge in [-0.25, -0.2) is 0 Å². The number of nitrogens with two attached hydrogens (primary N) is 1. The van der Waals surface area contributed by atoms with Gasteiger partial charge in [-0.2, -0.15) is 0 Å². The normalized spacial score (nSPS) is 26.8. The molecular formula is C15H23ClN2OS. The zero-order valence-electron chi connectivity index (χ0n) is 11.9. The van der Waals surface area contributed by atoms with Gasteiger partial charge in [0.05, 0.1) is 5.92 Å². The molecule has 0 saturated carbocycles. The second kappa shape index (κ2) is 6.46. The molecule has 3 unspecified atom stereocenters. The number of thiophene rings is 1. The summed E-state index contributed by atoms with van der Waals surface area (Å²) >= 11 is 1.80. The molecule has 1 aromatic heterocycles. The zero-order chi connectivity index (χ0) is 13.4. The Bertz CT molecular complexity index is 474. The van der Waals surface area contributed by atoms with Gasteiger partial charge in [-0.3, -0.25) is 4.79 Å². The average molecular weight is 315 g/mol. The summed E-state index contributed by atoms with van der Waals surface area (Å²) in [6, 6.07) is 2.35. The topological polar surface area (TPSA) is 46.3 Å². The van der Waals surface area contributed by atoms with E-state index in [-0.39, 0.29) is 24.4 Å². The number of aryl methyl sites for hydroxylation is 1. The summed E-state index contributed by atoms with van der Waals surface area (Å²) in [5, 5.41) is 2.13. The van der Waals surface area contributed by atoms with Crippen LogP contribution in [0.3, 0.4) is 0 Å². The number of amides is 1. The van der Waals surface area contributed by atoms with Crippen molar-refractivity contribution in [3.05, 3.63) is 21.9 Å². The van der Waals surface area contributed by atoms with Crippen LogP contribution < -0.4 is 5.73 Å². The van der Waals surface area contributed by atoms with Gasteiger partial charge < -0.3 is 10.6 Å². The lowest BCUT2D eigenvalue weighted by atomic mass is 9.87. The molecule has 2 heterocycles. The zero-order valence-corrected chi connectivity index (χ0v) is 13.5. The Morgan fingerprint density at radius 3 is 3.00 bits per heavy atom. The first-order chi connectivity index (χ1) is 9.16. The van der Waals surface area contributed by atoms with Crippen molar-refractivity contribution in [2.45, 2.75) is 44.6 Å². The Kier molecular flexibility index (Phi) is 5.10. The first-order valence-corrected chi connectivity index (χ1v) is 8.15. The minimum absolute atomic E-state index is 0. The van der Waals surface area contributed by atoms with E-state index in [2.05, 4.69) is 18.4 Å². The second-order valence-electron chi connectivity index (χ2n) is 5.94. The summed E-state index contributed by atoms with van der Waals surface area (Å²) in [6.07, 6.45) is 4.38. The highest BCUT2D eigenvalue weighted by Crippen LogP contribution is 2.37. The van der Waals surface area contributed by atoms with Crippen LogP contribution in [-0.4, -0.2) is 29.9 Å². The molecule has 3 rings (SSSR count). The molecular weight excluding hydrogens is 292 g/mol. The summed E-state index contributed by atoms with van der Waals surface area (Å²) in [5.41, 5.74) is 7.26. The third kappa shape index (κ3) is 2.87. The number of nitrogens with zero attached hydrogens (tertiary/aromatic N) is 1. The minimum atomic E-state index is 0. The maximum absolute atomic E-state index is 12.7. The van der Waals surface area contributed by atoms with Crippen LogP contribution in [0.4, 0.5) is 0 Å². The van der Waals surface area contributed by atoms with Gasteiger partial charge in [-0.1, -0.05) is 0 Å². The molecule has 1 amide bonds. The quantitative estimate of drug-likeness (QED) is 0.912. The van der Waals surface area contributed by atoms with Crippen LogP contribution in [0.2, 0.25) is 0 Å². The predicted octanol–water partition coefficient (Wildman–Crippen LogP) is 2.79. The average Bonchev–Trinajstić information content (AvgIpc) is 3.06. The van der Waals surface area contributed by atoms with Crippen molar-refractivity contribution < 1.29 is 4.79 Å². The second-order valence-corrected chi connectivity index (χ2v) is 6.94. The number of hydrogen-bond acceptors (Lipinski definition) is 3. The minimum Gasteiger partial charge on any atom is -0.342 e. The fourth-order valence-electron chi connectivity index (χ4n) is 3.38. The van der Waals surface area contributed by atoms with Crippen LogP contribution in [0.25, 0.3) is 0 Å². The third-order valence-electron chi connectivity index (χ3n) is 4.63. The van der Waals surface area contributed by atoms with Gasteiger partial charge in [0, 0.05) is 24.0 Å². The lowest BCUT2D eigenvalue weighted by Crippen LogP contribution is -2.36. The molecule has 1 aliphatic heterocycles. The summed E-state index contributed by atoms with van der Waals surface area (Å²) in [5.74, 6) is 0.929. The molecule has 1 fully saturated rings. The Morgan fingerprint density at radius 2 is 2.30 bits per heavy atom. The molecule has 5 heteroatoms. The van der Waals surface area contributed by atoms with Crippen molar-refractivity contribution in [1.29, 1.82) is 0 Å². The smallest absolute Gasteiger partial charge is 0.230 e. The van der Waals surface area contributed by atoms with E-state index in [1.807, 2.05) is 4.90 Å². The first kappa shape index (κ1) is 15.8. The molecule has 0 bridgehead atoms. The molecule has 1 aliphatic carbocycles. The Morgan fingerprint density at radius 1 is 1.50 bits per heavy atom. The molecule has 0 aromatic carbocycles. The summed E-state index contributed by atoms with van der Waals surface area (Å²) < 4.78 is 0. The third-order valence-corrected chi connectivity index (χ3v) is 5.63. The molecule has 0 spiro atoms. The number of halogens is 1. The number of fused-ring (bicyclic) bond motifs is 1. The number of hydrogen-bond donors (Lipinski definition) is 1. The van der Waals surface area contributed by atoms with Crippen LogP contribution in [0.5, 0.6) is 0 Å². The summed E-state index contributed by atoms with van der Waals surface area (Å²) in [6.45, 7) is 3.80. The van der Waals surface area contributed by atoms with Crippen LogP contribution in [0.15, 0.2) is 11.4 Å². The molecule has 3 nitrogen and oxygen atoms in total. The van der Waals surface area contributed by atoms with Gasteiger partial charge >= 0.3 is 0 Å². The van der Waals surface area contributed by atoms with E-state index in [9.17, 15) is 4.79 Å². The van der Waals surface area contributed by atoms with E-state index in [0.29, 0.717) is 11.8 Å². The van der Waals surface area contributed by atoms with Crippen LogP contribution in [-0.2, 0) is 11.2 Å².